The molecule has 2 unspecified atom stereocenters. The highest BCUT2D eigenvalue weighted by molar-refractivity contribution is 7.18. The predicted molar refractivity (Wildman–Crippen MR) is 123 cm³/mol. The maximum absolute atomic E-state index is 12.8. The van der Waals surface area contributed by atoms with Crippen molar-refractivity contribution < 1.29 is 9.59 Å². The van der Waals surface area contributed by atoms with Crippen LogP contribution >= 0.6 is 11.3 Å². The Kier molecular flexibility index (Phi) is 9.04. The van der Waals surface area contributed by atoms with Crippen LogP contribution in [0.1, 0.15) is 40.0 Å². The zero-order valence-electron chi connectivity index (χ0n) is 18.4. The molecule has 2 atom stereocenters. The quantitative estimate of drug-likeness (QED) is 0.497. The van der Waals surface area contributed by atoms with Gasteiger partial charge >= 0.3 is 6.03 Å². The van der Waals surface area contributed by atoms with E-state index in [4.69, 9.17) is 0 Å². The third kappa shape index (κ3) is 6.69. The Labute approximate surface area is 182 Å². The van der Waals surface area contributed by atoms with Gasteiger partial charge in [0.25, 0.3) is 0 Å². The number of nitrogens with one attached hydrogen (secondary N) is 3. The lowest BCUT2D eigenvalue weighted by Crippen LogP contribution is -2.51. The minimum atomic E-state index is -0.650. The Bertz CT molecular complexity index is 821. The van der Waals surface area contributed by atoms with E-state index in [-0.39, 0.29) is 17.9 Å². The van der Waals surface area contributed by atoms with Crippen LogP contribution in [0.4, 0.5) is 15.6 Å². The molecule has 1 aromatic carbocycles. The van der Waals surface area contributed by atoms with Gasteiger partial charge in [0.1, 0.15) is 11.0 Å². The number of hydrogen-bond donors (Lipinski definition) is 3. The van der Waals surface area contributed by atoms with Gasteiger partial charge < -0.3 is 15.5 Å². The molecule has 1 heterocycles. The average molecular weight is 433 g/mol. The molecule has 3 amide bonds. The number of aromatic nitrogens is 2. The summed E-state index contributed by atoms with van der Waals surface area (Å²) < 4.78 is 0. The largest absolute Gasteiger partial charge is 0.378 e. The highest BCUT2D eigenvalue weighted by Gasteiger charge is 2.26. The molecule has 0 bridgehead atoms. The molecule has 0 aliphatic carbocycles. The van der Waals surface area contributed by atoms with Gasteiger partial charge in [0.15, 0.2) is 0 Å². The number of anilines is 2. The summed E-state index contributed by atoms with van der Waals surface area (Å²) in [7, 11) is 3.97. The number of carbonyl (C=O) groups is 2. The van der Waals surface area contributed by atoms with Crippen LogP contribution in [0, 0.1) is 5.92 Å². The first-order chi connectivity index (χ1) is 14.3. The summed E-state index contributed by atoms with van der Waals surface area (Å²) in [6.45, 7) is 6.57. The molecule has 0 aliphatic rings. The minimum absolute atomic E-state index is 0.0205. The molecule has 0 spiro atoms. The fraction of sp³-hybridized carbons (Fsp3) is 0.524. The molecular weight excluding hydrogens is 400 g/mol. The average Bonchev–Trinajstić information content (AvgIpc) is 3.20. The van der Waals surface area contributed by atoms with Crippen molar-refractivity contribution in [3.8, 4) is 10.6 Å². The molecule has 9 heteroatoms. The van der Waals surface area contributed by atoms with Gasteiger partial charge in [0, 0.05) is 31.9 Å². The van der Waals surface area contributed by atoms with E-state index in [1.165, 1.54) is 11.3 Å². The number of rotatable bonds is 10. The smallest absolute Gasteiger partial charge is 0.315 e. The maximum Gasteiger partial charge on any atom is 0.315 e. The first-order valence-corrected chi connectivity index (χ1v) is 11.1. The molecule has 30 heavy (non-hydrogen) atoms. The Balaban J connectivity index is 2.04. The number of carbonyl (C=O) groups excluding carboxylic acids is 2. The number of amides is 3. The van der Waals surface area contributed by atoms with E-state index in [9.17, 15) is 9.59 Å². The van der Waals surface area contributed by atoms with Crippen molar-refractivity contribution in [1.29, 1.82) is 0 Å². The molecular formula is C21H32N6O2S. The van der Waals surface area contributed by atoms with Gasteiger partial charge in [0.2, 0.25) is 11.0 Å². The topological polar surface area (TPSA) is 99.2 Å². The van der Waals surface area contributed by atoms with Gasteiger partial charge in [-0.15, -0.1) is 10.2 Å². The highest BCUT2D eigenvalue weighted by atomic mass is 32.1. The van der Waals surface area contributed by atoms with Crippen LogP contribution in [0.5, 0.6) is 0 Å². The van der Waals surface area contributed by atoms with Crippen molar-refractivity contribution in [2.45, 2.75) is 46.1 Å². The molecule has 0 saturated carbocycles. The summed E-state index contributed by atoms with van der Waals surface area (Å²) in [6, 6.07) is 6.99. The molecule has 2 aromatic rings. The standard InChI is InChI=1S/C21H32N6O2S/c1-6-8-13-22-20(29)23-17(14(3)7-2)18(28)24-21-26-25-19(30-21)15-9-11-16(12-10-15)27(4)5/h9-12,14,17H,6-8,13H2,1-5H3,(H2,22,23,29)(H,24,26,28). The molecule has 0 saturated heterocycles. The fourth-order valence-electron chi connectivity index (χ4n) is 2.75. The molecule has 0 aliphatic heterocycles. The molecule has 164 valence electrons. The van der Waals surface area contributed by atoms with Crippen LogP contribution in [-0.2, 0) is 4.79 Å². The minimum Gasteiger partial charge on any atom is -0.378 e. The van der Waals surface area contributed by atoms with E-state index in [1.54, 1.807) is 0 Å². The Morgan fingerprint density at radius 2 is 1.83 bits per heavy atom. The van der Waals surface area contributed by atoms with E-state index in [0.29, 0.717) is 11.7 Å². The van der Waals surface area contributed by atoms with Crippen LogP contribution in [-0.4, -0.2) is 48.8 Å². The van der Waals surface area contributed by atoms with Gasteiger partial charge in [-0.1, -0.05) is 44.9 Å². The van der Waals surface area contributed by atoms with Crippen LogP contribution in [0.2, 0.25) is 0 Å². The maximum atomic E-state index is 12.8. The Morgan fingerprint density at radius 1 is 1.13 bits per heavy atom. The number of hydrogen-bond acceptors (Lipinski definition) is 6. The summed E-state index contributed by atoms with van der Waals surface area (Å²) in [5.41, 5.74) is 2.03. The number of nitrogens with zero attached hydrogens (tertiary/aromatic N) is 3. The first-order valence-electron chi connectivity index (χ1n) is 10.3. The Morgan fingerprint density at radius 3 is 2.43 bits per heavy atom. The van der Waals surface area contributed by atoms with Crippen LogP contribution in [0.15, 0.2) is 24.3 Å². The number of unbranched alkanes of at least 4 members (excludes halogenated alkanes) is 1. The van der Waals surface area contributed by atoms with Gasteiger partial charge in [0.05, 0.1) is 0 Å². The summed E-state index contributed by atoms with van der Waals surface area (Å²) >= 11 is 1.30. The zero-order valence-corrected chi connectivity index (χ0v) is 19.2. The first kappa shape index (κ1) is 23.6. The normalized spacial score (nSPS) is 12.7. The van der Waals surface area contributed by atoms with Crippen molar-refractivity contribution in [3.63, 3.8) is 0 Å². The molecule has 0 fully saturated rings. The predicted octanol–water partition coefficient (Wildman–Crippen LogP) is 3.72. The van der Waals surface area contributed by atoms with E-state index >= 15 is 0 Å². The lowest BCUT2D eigenvalue weighted by Gasteiger charge is -2.23. The second-order valence-corrected chi connectivity index (χ2v) is 8.44. The molecule has 0 radical (unpaired) electrons. The zero-order chi connectivity index (χ0) is 22.1. The second-order valence-electron chi connectivity index (χ2n) is 7.46. The number of benzene rings is 1. The van der Waals surface area contributed by atoms with E-state index in [2.05, 4.69) is 33.1 Å². The van der Waals surface area contributed by atoms with E-state index < -0.39 is 6.04 Å². The summed E-state index contributed by atoms with van der Waals surface area (Å²) in [6.07, 6.45) is 2.65. The van der Waals surface area contributed by atoms with Crippen molar-refractivity contribution in [2.75, 3.05) is 30.9 Å². The molecule has 1 aromatic heterocycles. The van der Waals surface area contributed by atoms with Gasteiger partial charge in [-0.05, 0) is 36.6 Å². The summed E-state index contributed by atoms with van der Waals surface area (Å²) in [5.74, 6) is -0.312. The molecule has 8 nitrogen and oxygen atoms in total. The van der Waals surface area contributed by atoms with Crippen molar-refractivity contribution in [1.82, 2.24) is 20.8 Å². The third-order valence-corrected chi connectivity index (χ3v) is 5.77. The summed E-state index contributed by atoms with van der Waals surface area (Å²) in [4.78, 5) is 27.0. The monoisotopic (exact) mass is 432 g/mol. The lowest BCUT2D eigenvalue weighted by molar-refractivity contribution is -0.119. The van der Waals surface area contributed by atoms with E-state index in [0.717, 1.165) is 35.5 Å². The summed E-state index contributed by atoms with van der Waals surface area (Å²) in [5, 5.41) is 17.8. The van der Waals surface area contributed by atoms with Crippen LogP contribution in [0.3, 0.4) is 0 Å². The van der Waals surface area contributed by atoms with Gasteiger partial charge in [-0.2, -0.15) is 0 Å². The number of urea groups is 1. The van der Waals surface area contributed by atoms with Crippen molar-refractivity contribution >= 4 is 34.1 Å². The van der Waals surface area contributed by atoms with Crippen molar-refractivity contribution in [2.24, 2.45) is 5.92 Å². The third-order valence-electron chi connectivity index (χ3n) is 4.88. The van der Waals surface area contributed by atoms with Gasteiger partial charge in [-0.25, -0.2) is 4.79 Å². The fourth-order valence-corrected chi connectivity index (χ4v) is 3.50. The van der Waals surface area contributed by atoms with E-state index in [1.807, 2.05) is 57.1 Å². The van der Waals surface area contributed by atoms with Crippen LogP contribution in [0.25, 0.3) is 10.6 Å². The van der Waals surface area contributed by atoms with Crippen molar-refractivity contribution in [3.05, 3.63) is 24.3 Å². The Hall–Kier alpha value is -2.68. The molecule has 3 N–H and O–H groups in total. The highest BCUT2D eigenvalue weighted by Crippen LogP contribution is 2.28. The lowest BCUT2D eigenvalue weighted by atomic mass is 9.98. The second kappa shape index (κ2) is 11.5. The van der Waals surface area contributed by atoms with Crippen LogP contribution < -0.4 is 20.9 Å². The van der Waals surface area contributed by atoms with Gasteiger partial charge in [-0.3, -0.25) is 10.1 Å². The SMILES string of the molecule is CCCCNC(=O)NC(C(=O)Nc1nnc(-c2ccc(N(C)C)cc2)s1)C(C)CC. The molecule has 2 rings (SSSR count).